The summed E-state index contributed by atoms with van der Waals surface area (Å²) in [5.41, 5.74) is 16.7. The number of carboxylic acids is 4. The molecule has 117 heavy (non-hydrogen) atoms. The average molecular weight is 1590 g/mol. The molecule has 0 radical (unpaired) electrons. The van der Waals surface area contributed by atoms with Gasteiger partial charge in [0.15, 0.2) is 5.82 Å². The Morgan fingerprint density at radius 1 is 0.547 bits per heavy atom. The van der Waals surface area contributed by atoms with Crippen LogP contribution in [0.4, 0.5) is 5.69 Å². The van der Waals surface area contributed by atoms with Crippen LogP contribution in [0.2, 0.25) is 0 Å². The van der Waals surface area contributed by atoms with Crippen molar-refractivity contribution in [1.29, 1.82) is 0 Å². The molecule has 25 heteroatoms. The lowest BCUT2D eigenvalue weighted by molar-refractivity contribution is 0.0675. The molecular formula is C92H107N13O12. The highest BCUT2D eigenvalue weighted by Gasteiger charge is 2.27. The lowest BCUT2D eigenvalue weighted by Gasteiger charge is -2.17. The van der Waals surface area contributed by atoms with E-state index in [0.29, 0.717) is 66.1 Å². The highest BCUT2D eigenvalue weighted by Crippen LogP contribution is 2.40. The van der Waals surface area contributed by atoms with Gasteiger partial charge in [-0.1, -0.05) is 87.4 Å². The van der Waals surface area contributed by atoms with Gasteiger partial charge in [0.2, 0.25) is 5.88 Å². The second-order valence-corrected chi connectivity index (χ2v) is 31.2. The summed E-state index contributed by atoms with van der Waals surface area (Å²) in [4.78, 5) is 65.7. The van der Waals surface area contributed by atoms with Gasteiger partial charge < -0.3 is 72.4 Å². The van der Waals surface area contributed by atoms with Gasteiger partial charge in [-0.25, -0.2) is 29.1 Å². The van der Waals surface area contributed by atoms with Gasteiger partial charge in [0.1, 0.15) is 46.8 Å². The van der Waals surface area contributed by atoms with Crippen LogP contribution in [0.5, 0.6) is 23.1 Å². The number of hydrogen-bond acceptors (Lipinski definition) is 15. The number of nitrogens with one attached hydrogen (secondary N) is 1. The zero-order valence-corrected chi connectivity index (χ0v) is 70.0. The van der Waals surface area contributed by atoms with Crippen molar-refractivity contribution < 1.29 is 58.6 Å². The standard InChI is InChI=1S/C20H22N2O3.C19H21N3O2.C18H24N2O3.C18H18N2O3.C17H22N4O/c1-12(2)15-5-6-18(25-4)16-10-17(20(23)24)22(19(15)16)11-14-9-13(3)7-8-21-14;1-12(2)15-8-14(21-10-13-6-4-5-7-20-13)9-16-17(19(23)24)11-22(3)18(15)16;1-11(2)15-9-14(23-13-5-6-19(3)10-13)7-12-8-16(18(21)22)20(4)17(12)15;1-11(2)14-10-13(23-16-6-4-5-7-19-16)8-12-9-15(18(21)22)20(3)17(12)14;1-12(2)15-10-21(7-8-22-4)16-6-5-13(9-14(15)16)17-18-11-20(3)19-17/h5-10,12H,11H2,1-4H3,(H,23,24);4-9,11-12,21H,10H2,1-3H3,(H,23,24);7-9,11,13H,5-6,10H2,1-4H3,(H,21,22);4-11H,1-3H3,(H,21,22);5-6,9-12H,7-8H2,1-4H3. The van der Waals surface area contributed by atoms with E-state index in [-0.39, 0.29) is 29.3 Å². The maximum atomic E-state index is 11.8. The van der Waals surface area contributed by atoms with E-state index in [1.54, 1.807) is 90.5 Å². The first-order chi connectivity index (χ1) is 55.8. The zero-order chi connectivity index (χ0) is 84.4. The van der Waals surface area contributed by atoms with Gasteiger partial charge in [0, 0.05) is 136 Å². The molecule has 1 unspecified atom stereocenters. The predicted molar refractivity (Wildman–Crippen MR) is 460 cm³/mol. The number of ether oxygens (including phenoxy) is 4. The van der Waals surface area contributed by atoms with Crippen molar-refractivity contribution in [3.05, 3.63) is 238 Å². The zero-order valence-electron chi connectivity index (χ0n) is 70.0. The van der Waals surface area contributed by atoms with Crippen molar-refractivity contribution >= 4 is 84.1 Å². The number of fused-ring (bicyclic) bond motifs is 5. The molecule has 0 saturated carbocycles. The highest BCUT2D eigenvalue weighted by molar-refractivity contribution is 6.06. The third-order valence-electron chi connectivity index (χ3n) is 20.9. The summed E-state index contributed by atoms with van der Waals surface area (Å²) in [6.45, 7) is 27.8. The molecule has 14 aromatic rings. The number of pyridine rings is 3. The SMILES string of the molecule is CC(C)c1cc(NCc2ccccn2)cc2c(C(=O)O)cn(C)c12.CC(C)c1cc(OC2CCN(C)C2)cc2cc(C(=O)O)n(C)c12.CC(C)c1cc(Oc2ccccn2)cc2cc(C(=O)O)n(C)c12.COCCn1cc(C(C)C)c2cc(-c3ncn(C)n3)ccc21.COc1ccc(C(C)C)c2c1cc(C(=O)O)n2Cc1cc(C)ccn1. The number of likely N-dealkylation sites (tertiary alicyclic amines) is 1. The minimum atomic E-state index is -0.958. The largest absolute Gasteiger partial charge is 0.496 e. The number of carboxylic acid groups (broad SMARTS) is 4. The number of benzene rings is 5. The smallest absolute Gasteiger partial charge is 0.352 e. The van der Waals surface area contributed by atoms with Crippen LogP contribution in [0, 0.1) is 6.92 Å². The number of nitrogens with zero attached hydrogens (tertiary/aromatic N) is 12. The van der Waals surface area contributed by atoms with E-state index in [0.717, 1.165) is 132 Å². The maximum Gasteiger partial charge on any atom is 0.352 e. The van der Waals surface area contributed by atoms with E-state index in [4.69, 9.17) is 18.9 Å². The molecule has 9 aromatic heterocycles. The fourth-order valence-electron chi connectivity index (χ4n) is 15.1. The molecule has 5 N–H and O–H groups in total. The van der Waals surface area contributed by atoms with Crippen LogP contribution in [0.1, 0.15) is 192 Å². The van der Waals surface area contributed by atoms with E-state index in [9.17, 15) is 39.6 Å². The second kappa shape index (κ2) is 37.3. The molecule has 1 aliphatic rings. The molecule has 15 rings (SSSR count). The van der Waals surface area contributed by atoms with Crippen molar-refractivity contribution in [3.63, 3.8) is 0 Å². The number of carbonyl (C=O) groups is 4. The van der Waals surface area contributed by atoms with Crippen molar-refractivity contribution in [3.8, 4) is 34.5 Å². The molecule has 0 spiro atoms. The quantitative estimate of drug-likeness (QED) is 0.0397. The Hall–Kier alpha value is -12.6. The third-order valence-corrected chi connectivity index (χ3v) is 20.9. The summed E-state index contributed by atoms with van der Waals surface area (Å²) in [5.74, 6) is 1.29. The molecule has 1 atom stereocenters. The van der Waals surface area contributed by atoms with Gasteiger partial charge in [-0.2, -0.15) is 5.10 Å². The minimum absolute atomic E-state index is 0.208. The predicted octanol–water partition coefficient (Wildman–Crippen LogP) is 18.7. The number of aromatic nitrogens is 11. The molecule has 5 aromatic carbocycles. The molecule has 1 saturated heterocycles. The van der Waals surface area contributed by atoms with Crippen LogP contribution < -0.4 is 19.5 Å². The fourth-order valence-corrected chi connectivity index (χ4v) is 15.1. The molecule has 1 aliphatic heterocycles. The molecular weight excluding hydrogens is 1480 g/mol. The van der Waals surface area contributed by atoms with Gasteiger partial charge in [-0.05, 0) is 193 Å². The van der Waals surface area contributed by atoms with Crippen LogP contribution in [0.25, 0.3) is 65.9 Å². The molecule has 10 heterocycles. The number of hydrogen-bond donors (Lipinski definition) is 5. The number of likely N-dealkylation sites (N-methyl/N-ethyl adjacent to an activating group) is 1. The van der Waals surface area contributed by atoms with Crippen LogP contribution in [0.3, 0.4) is 0 Å². The number of rotatable bonds is 23. The van der Waals surface area contributed by atoms with Gasteiger partial charge >= 0.3 is 23.9 Å². The Morgan fingerprint density at radius 3 is 1.71 bits per heavy atom. The summed E-state index contributed by atoms with van der Waals surface area (Å²) < 4.78 is 33.9. The summed E-state index contributed by atoms with van der Waals surface area (Å²) in [5, 5.41) is 50.3. The number of aryl methyl sites for hydroxylation is 5. The third kappa shape index (κ3) is 19.7. The summed E-state index contributed by atoms with van der Waals surface area (Å²) >= 11 is 0. The monoisotopic (exact) mass is 1590 g/mol. The molecule has 25 nitrogen and oxygen atoms in total. The maximum absolute atomic E-state index is 11.8. The minimum Gasteiger partial charge on any atom is -0.496 e. The van der Waals surface area contributed by atoms with Gasteiger partial charge in [0.05, 0.1) is 65.8 Å². The molecule has 612 valence electrons. The average Bonchev–Trinajstić information content (AvgIpc) is 1.62. The van der Waals surface area contributed by atoms with E-state index < -0.39 is 23.9 Å². The number of methoxy groups -OCH3 is 2. The topological polar surface area (TPSA) is 295 Å². The summed E-state index contributed by atoms with van der Waals surface area (Å²) in [6, 6.07) is 42.5. The van der Waals surface area contributed by atoms with E-state index in [2.05, 4.69) is 153 Å². The molecule has 0 aliphatic carbocycles. The first kappa shape index (κ1) is 85.3. The van der Waals surface area contributed by atoms with Gasteiger partial charge in [0.25, 0.3) is 0 Å². The Kier molecular flexibility index (Phi) is 27.2. The first-order valence-corrected chi connectivity index (χ1v) is 39.3. The van der Waals surface area contributed by atoms with Crippen molar-refractivity contribution in [1.82, 2.24) is 57.5 Å². The van der Waals surface area contributed by atoms with Crippen LogP contribution >= 0.6 is 0 Å². The molecule has 1 fully saturated rings. The molecule has 0 amide bonds. The Morgan fingerprint density at radius 2 is 1.16 bits per heavy atom. The van der Waals surface area contributed by atoms with Crippen molar-refractivity contribution in [2.75, 3.05) is 46.3 Å². The van der Waals surface area contributed by atoms with Gasteiger partial charge in [-0.15, -0.1) is 0 Å². The number of anilines is 1. The van der Waals surface area contributed by atoms with Crippen LogP contribution in [-0.2, 0) is 52.6 Å². The first-order valence-electron chi connectivity index (χ1n) is 39.3. The van der Waals surface area contributed by atoms with E-state index in [1.807, 2.05) is 116 Å². The van der Waals surface area contributed by atoms with Gasteiger partial charge in [-0.3, -0.25) is 14.6 Å². The summed E-state index contributed by atoms with van der Waals surface area (Å²) in [7, 11) is 12.8. The lowest BCUT2D eigenvalue weighted by atomic mass is 9.98. The normalized spacial score (nSPS) is 12.8. The fraction of sp³-hybridized carbons (Fsp3) is 0.337. The summed E-state index contributed by atoms with van der Waals surface area (Å²) in [6.07, 6.45) is 12.1. The van der Waals surface area contributed by atoms with Crippen molar-refractivity contribution in [2.24, 2.45) is 28.2 Å². The van der Waals surface area contributed by atoms with Crippen LogP contribution in [0.15, 0.2) is 171 Å². The Balaban J connectivity index is 0.000000144. The highest BCUT2D eigenvalue weighted by atomic mass is 16.5. The molecule has 0 bridgehead atoms. The van der Waals surface area contributed by atoms with Crippen molar-refractivity contribution in [2.45, 2.75) is 138 Å². The second-order valence-electron chi connectivity index (χ2n) is 31.2. The lowest BCUT2D eigenvalue weighted by Crippen LogP contribution is -2.21. The Labute approximate surface area is 681 Å². The number of aromatic carboxylic acids is 4. The Bertz CT molecular complexity index is 5880. The van der Waals surface area contributed by atoms with Crippen LogP contribution in [-0.4, -0.2) is 149 Å². The van der Waals surface area contributed by atoms with E-state index in [1.165, 1.54) is 16.5 Å². The van der Waals surface area contributed by atoms with E-state index >= 15 is 0 Å².